The Hall–Kier alpha value is -0.608. The number of hydrogen-bond donors (Lipinski definition) is 4. The Kier molecular flexibility index (Phi) is 8.48. The summed E-state index contributed by atoms with van der Waals surface area (Å²) in [6, 6.07) is 0. The van der Waals surface area contributed by atoms with Crippen LogP contribution in [0, 0.1) is 5.41 Å². The van der Waals surface area contributed by atoms with E-state index in [9.17, 15) is 14.7 Å². The largest absolute Gasteiger partial charge is 0.481 e. The third-order valence-corrected chi connectivity index (χ3v) is 2.03. The molecule has 0 aromatic heterocycles. The van der Waals surface area contributed by atoms with E-state index in [0.29, 0.717) is 0 Å². The van der Waals surface area contributed by atoms with Crippen LogP contribution in [-0.2, 0) is 9.59 Å². The van der Waals surface area contributed by atoms with Crippen LogP contribution in [0.4, 0.5) is 0 Å². The minimum atomic E-state index is -1.35. The predicted molar refractivity (Wildman–Crippen MR) is 62.1 cm³/mol. The molecule has 1 amide bonds. The van der Waals surface area contributed by atoms with E-state index in [1.807, 2.05) is 0 Å². The lowest BCUT2D eigenvalue weighted by molar-refractivity contribution is -0.138. The maximum atomic E-state index is 11.3. The number of aliphatic hydroxyl groups excluding tert-OH is 2. The van der Waals surface area contributed by atoms with Crippen LogP contribution in [0.3, 0.4) is 0 Å². The SMILES string of the molecule is CC(C)(CO)[C@@H](O)C(=O)NCCC(=O)O.[AlH3]. The van der Waals surface area contributed by atoms with Gasteiger partial charge in [-0.2, -0.15) is 0 Å². The van der Waals surface area contributed by atoms with Crippen LogP contribution in [0.1, 0.15) is 20.3 Å². The van der Waals surface area contributed by atoms with Crippen LogP contribution in [0.25, 0.3) is 0 Å². The lowest BCUT2D eigenvalue weighted by Gasteiger charge is -2.26. The minimum Gasteiger partial charge on any atom is -0.481 e. The van der Waals surface area contributed by atoms with Gasteiger partial charge in [0.2, 0.25) is 5.91 Å². The van der Waals surface area contributed by atoms with E-state index >= 15 is 0 Å². The van der Waals surface area contributed by atoms with Gasteiger partial charge in [0.05, 0.1) is 13.0 Å². The molecule has 0 radical (unpaired) electrons. The molecule has 16 heavy (non-hydrogen) atoms. The molecule has 0 heterocycles. The summed E-state index contributed by atoms with van der Waals surface area (Å²) in [6.07, 6.45) is -1.55. The van der Waals surface area contributed by atoms with Crippen molar-refractivity contribution in [2.24, 2.45) is 5.41 Å². The molecule has 94 valence electrons. The van der Waals surface area contributed by atoms with Gasteiger partial charge in [-0.25, -0.2) is 0 Å². The fourth-order valence-corrected chi connectivity index (χ4v) is 0.831. The number of carbonyl (C=O) groups is 2. The summed E-state index contributed by atoms with van der Waals surface area (Å²) in [4.78, 5) is 21.4. The fourth-order valence-electron chi connectivity index (χ4n) is 0.831. The van der Waals surface area contributed by atoms with Crippen molar-refractivity contribution in [3.63, 3.8) is 0 Å². The highest BCUT2D eigenvalue weighted by atomic mass is 27.0. The maximum Gasteiger partial charge on any atom is 0.305 e. The summed E-state index contributed by atoms with van der Waals surface area (Å²) in [7, 11) is 0. The zero-order valence-electron chi connectivity index (χ0n) is 8.86. The molecule has 0 aliphatic heterocycles. The third kappa shape index (κ3) is 6.08. The first-order valence-corrected chi connectivity index (χ1v) is 4.59. The summed E-state index contributed by atoms with van der Waals surface area (Å²) in [5.74, 6) is -1.69. The molecule has 0 aliphatic carbocycles. The topological polar surface area (TPSA) is 107 Å². The van der Waals surface area contributed by atoms with E-state index < -0.39 is 23.4 Å². The number of nitrogens with one attached hydrogen (secondary N) is 1. The molecule has 0 aliphatic rings. The van der Waals surface area contributed by atoms with Crippen LogP contribution in [0.2, 0.25) is 0 Å². The maximum absolute atomic E-state index is 11.3. The van der Waals surface area contributed by atoms with Gasteiger partial charge in [-0.05, 0) is 0 Å². The summed E-state index contributed by atoms with van der Waals surface area (Å²) in [6.45, 7) is 2.70. The Morgan fingerprint density at radius 1 is 1.38 bits per heavy atom. The van der Waals surface area contributed by atoms with Crippen molar-refractivity contribution < 1.29 is 24.9 Å². The van der Waals surface area contributed by atoms with Crippen LogP contribution >= 0.6 is 0 Å². The number of amides is 1. The number of hydrogen-bond acceptors (Lipinski definition) is 4. The molecule has 1 atom stereocenters. The quantitative estimate of drug-likeness (QED) is 0.399. The van der Waals surface area contributed by atoms with Gasteiger partial charge in [0.15, 0.2) is 17.4 Å². The van der Waals surface area contributed by atoms with Crippen LogP contribution in [-0.4, -0.2) is 63.8 Å². The molecule has 6 nitrogen and oxygen atoms in total. The molecule has 0 aromatic carbocycles. The van der Waals surface area contributed by atoms with Crippen molar-refractivity contribution in [1.82, 2.24) is 5.32 Å². The predicted octanol–water partition coefficient (Wildman–Crippen LogP) is -2.23. The average molecular weight is 249 g/mol. The van der Waals surface area contributed by atoms with Crippen LogP contribution in [0.5, 0.6) is 0 Å². The average Bonchev–Trinajstić information content (AvgIpc) is 2.15. The number of carbonyl (C=O) groups excluding carboxylic acids is 1. The van der Waals surface area contributed by atoms with E-state index in [1.54, 1.807) is 0 Å². The molecule has 0 saturated carbocycles. The van der Waals surface area contributed by atoms with Gasteiger partial charge in [0.1, 0.15) is 6.10 Å². The van der Waals surface area contributed by atoms with E-state index in [4.69, 9.17) is 10.2 Å². The van der Waals surface area contributed by atoms with Crippen molar-refractivity contribution in [2.45, 2.75) is 26.4 Å². The number of aliphatic carboxylic acids is 1. The van der Waals surface area contributed by atoms with Crippen molar-refractivity contribution in [2.75, 3.05) is 13.2 Å². The van der Waals surface area contributed by atoms with E-state index in [0.717, 1.165) is 0 Å². The second kappa shape index (κ2) is 7.63. The Bertz CT molecular complexity index is 244. The molecule has 0 rings (SSSR count). The van der Waals surface area contributed by atoms with Crippen molar-refractivity contribution >= 4 is 29.2 Å². The Balaban J connectivity index is 0. The molecular formula is C9H20AlNO5. The highest BCUT2D eigenvalue weighted by Crippen LogP contribution is 2.19. The van der Waals surface area contributed by atoms with Crippen molar-refractivity contribution in [1.29, 1.82) is 0 Å². The van der Waals surface area contributed by atoms with Gasteiger partial charge in [-0.1, -0.05) is 13.8 Å². The second-order valence-electron chi connectivity index (χ2n) is 3.98. The molecule has 0 aromatic rings. The minimum absolute atomic E-state index is 0. The van der Waals surface area contributed by atoms with Gasteiger partial charge in [0.25, 0.3) is 0 Å². The standard InChI is InChI=1S/C9H17NO5.Al.3H/c1-9(2,5-11)7(14)8(15)10-4-3-6(12)13;;;;/h7,11,14H,3-5H2,1-2H3,(H,10,15)(H,12,13);;;;/t7-;;;;/m0..../s1. The Morgan fingerprint density at radius 2 is 1.88 bits per heavy atom. The van der Waals surface area contributed by atoms with Crippen LogP contribution in [0.15, 0.2) is 0 Å². The van der Waals surface area contributed by atoms with Gasteiger partial charge < -0.3 is 20.6 Å². The van der Waals surface area contributed by atoms with Gasteiger partial charge in [-0.15, -0.1) is 0 Å². The smallest absolute Gasteiger partial charge is 0.305 e. The number of aliphatic hydroxyl groups is 2. The summed E-state index contributed by atoms with van der Waals surface area (Å²) in [5, 5.41) is 29.0. The Labute approximate surface area is 105 Å². The molecule has 0 fully saturated rings. The van der Waals surface area contributed by atoms with Gasteiger partial charge in [0, 0.05) is 12.0 Å². The molecule has 4 N–H and O–H groups in total. The fraction of sp³-hybridized carbons (Fsp3) is 0.778. The van der Waals surface area contributed by atoms with E-state index in [1.165, 1.54) is 13.8 Å². The normalized spacial score (nSPS) is 12.5. The number of rotatable bonds is 6. The zero-order chi connectivity index (χ0) is 12.1. The molecule has 0 bridgehead atoms. The summed E-state index contributed by atoms with van der Waals surface area (Å²) >= 11 is 0. The monoisotopic (exact) mass is 249 g/mol. The first-order valence-electron chi connectivity index (χ1n) is 4.59. The van der Waals surface area contributed by atoms with Crippen molar-refractivity contribution in [3.8, 4) is 0 Å². The third-order valence-electron chi connectivity index (χ3n) is 2.03. The van der Waals surface area contributed by atoms with Gasteiger partial charge >= 0.3 is 5.97 Å². The summed E-state index contributed by atoms with van der Waals surface area (Å²) in [5.41, 5.74) is -0.937. The summed E-state index contributed by atoms with van der Waals surface area (Å²) < 4.78 is 0. The molecule has 7 heteroatoms. The van der Waals surface area contributed by atoms with Crippen molar-refractivity contribution in [3.05, 3.63) is 0 Å². The van der Waals surface area contributed by atoms with Crippen LogP contribution < -0.4 is 5.32 Å². The van der Waals surface area contributed by atoms with Gasteiger partial charge in [-0.3, -0.25) is 9.59 Å². The molecule has 0 unspecified atom stereocenters. The Morgan fingerprint density at radius 3 is 2.25 bits per heavy atom. The second-order valence-corrected chi connectivity index (χ2v) is 3.98. The van der Waals surface area contributed by atoms with E-state index in [2.05, 4.69) is 5.32 Å². The first kappa shape index (κ1) is 17.8. The lowest BCUT2D eigenvalue weighted by Crippen LogP contribution is -2.45. The molecular weight excluding hydrogens is 229 g/mol. The zero-order valence-corrected chi connectivity index (χ0v) is 8.86. The number of carboxylic acid groups (broad SMARTS) is 1. The molecule has 0 saturated heterocycles. The highest BCUT2D eigenvalue weighted by Gasteiger charge is 2.32. The molecule has 0 spiro atoms. The van der Waals surface area contributed by atoms with E-state index in [-0.39, 0.29) is 36.9 Å². The first-order chi connectivity index (χ1) is 6.81. The highest BCUT2D eigenvalue weighted by molar-refractivity contribution is 5.81. The number of carboxylic acids is 1. The lowest BCUT2D eigenvalue weighted by atomic mass is 9.87.